The van der Waals surface area contributed by atoms with Gasteiger partial charge >= 0.3 is 0 Å². The number of anilines is 2. The number of nitrogens with one attached hydrogen (secondary N) is 4. The molecule has 6 aromatic carbocycles. The molecule has 0 saturated carbocycles. The lowest BCUT2D eigenvalue weighted by molar-refractivity contribution is -0.386. The molecule has 8 aliphatic rings. The molecule has 0 radical (unpaired) electrons. The number of carbonyl (C=O) groups excluding carboxylic acids is 2. The van der Waals surface area contributed by atoms with Crippen molar-refractivity contribution in [2.75, 3.05) is 134 Å². The molecule has 128 heavy (non-hydrogen) atoms. The van der Waals surface area contributed by atoms with Crippen LogP contribution in [0.15, 0.2) is 179 Å². The number of amides is 2. The summed E-state index contributed by atoms with van der Waals surface area (Å²) in [6.07, 6.45) is 13.8. The van der Waals surface area contributed by atoms with Crippen LogP contribution in [0.3, 0.4) is 0 Å². The van der Waals surface area contributed by atoms with Gasteiger partial charge < -0.3 is 48.4 Å². The quantitative estimate of drug-likeness (QED) is 0.0322. The summed E-state index contributed by atoms with van der Waals surface area (Å²) >= 11 is 12.5. The van der Waals surface area contributed by atoms with Crippen LogP contribution >= 0.6 is 23.2 Å². The molecule has 4 aromatic heterocycles. The molecule has 4 N–H and O–H groups in total. The maximum absolute atomic E-state index is 14.1. The molecule has 3 atom stereocenters. The van der Waals surface area contributed by atoms with E-state index in [-0.39, 0.29) is 80.9 Å². The first-order valence-electron chi connectivity index (χ1n) is 43.8. The van der Waals surface area contributed by atoms with E-state index in [0.717, 1.165) is 181 Å². The summed E-state index contributed by atoms with van der Waals surface area (Å²) in [6, 6.07) is 38.3. The van der Waals surface area contributed by atoms with Crippen molar-refractivity contribution in [3.05, 3.63) is 233 Å². The van der Waals surface area contributed by atoms with E-state index in [2.05, 4.69) is 118 Å². The Balaban J connectivity index is 0.000000180. The molecule has 10 aromatic rings. The van der Waals surface area contributed by atoms with Crippen LogP contribution < -0.4 is 38.2 Å². The van der Waals surface area contributed by atoms with Crippen LogP contribution in [-0.2, 0) is 37.6 Å². The number of ether oxygens (including phenoxy) is 5. The van der Waals surface area contributed by atoms with Crippen molar-refractivity contribution in [1.29, 1.82) is 0 Å². The Bertz CT molecular complexity index is 6200. The van der Waals surface area contributed by atoms with Gasteiger partial charge in [-0.2, -0.15) is 0 Å². The molecule has 6 aliphatic heterocycles. The first kappa shape index (κ1) is 89.0. The number of H-pyrrole nitrogens is 2. The van der Waals surface area contributed by atoms with Crippen molar-refractivity contribution in [2.45, 2.75) is 109 Å². The fraction of sp³-hybridized carbons (Fsp3) is 0.411. The third-order valence-electron chi connectivity index (χ3n) is 25.9. The Morgan fingerprint density at radius 1 is 0.539 bits per heavy atom. The number of fused-ring (bicyclic) bond motifs is 4. The Labute approximate surface area is 754 Å². The van der Waals surface area contributed by atoms with Gasteiger partial charge in [-0.05, 0) is 170 Å². The standard InChI is InChI=1S/C48H54ClN7O8S.C47H52ClN7O7S/c1-31-27-54(18-19-62-31)28-32-20-41-43(56(58)59)23-39(24-44(41)63-30-32)65(60,61)52-47(57)40-9-8-37(22-45(40)64-38-21-34-11-13-50-46(34)51-26-38)55-16-14-53(15-17-55)29-35-10-12-48(2,3)25-42(35)33-4-6-36(49)7-5-33;1-30-25-53(26-30)27-31-18-40-42(55(57)58)21-38(22-43(40)61-29-31)63(59,60)51-46(56)39-9-8-36(20-44(39)62-37-19-33-11-13-49-45(33)50-24-37)54-16-14-52(15-17-54)28-34-10-12-47(2,3)23-41(34)32-4-6-35(48)7-5-32/h4-9,11,13,21-24,26,31-32H,10,12,14-20,25,27-30H2,1-3H3,(H,50,51)(H,52,57);4-9,11,13,19-22,24,30-31H,10,12,14-18,23,25-29H2,1-3H3,(H,49,50)(H,51,56)/t31-,32-;31-/m10/s1. The zero-order valence-electron chi connectivity index (χ0n) is 72.6. The minimum atomic E-state index is -4.63. The first-order valence-corrected chi connectivity index (χ1v) is 47.5. The van der Waals surface area contributed by atoms with E-state index >= 15 is 0 Å². The highest BCUT2D eigenvalue weighted by Crippen LogP contribution is 2.47. The smallest absolute Gasteiger partial charge is 0.277 e. The molecule has 0 unspecified atom stereocenters. The number of rotatable bonds is 24. The predicted molar refractivity (Wildman–Crippen MR) is 493 cm³/mol. The molecule has 0 spiro atoms. The minimum Gasteiger partial charge on any atom is -0.493 e. The molecule has 10 heterocycles. The van der Waals surface area contributed by atoms with Gasteiger partial charge in [0.2, 0.25) is 0 Å². The van der Waals surface area contributed by atoms with Crippen LogP contribution in [0.1, 0.15) is 123 Å². The number of aromatic nitrogens is 4. The van der Waals surface area contributed by atoms with E-state index in [1.54, 1.807) is 60.9 Å². The Morgan fingerprint density at radius 2 is 0.969 bits per heavy atom. The molecule has 29 nitrogen and oxygen atoms in total. The summed E-state index contributed by atoms with van der Waals surface area (Å²) in [7, 11) is -9.24. The number of pyridine rings is 2. The fourth-order valence-corrected chi connectivity index (χ4v) is 21.3. The minimum absolute atomic E-state index is 0.0327. The second-order valence-corrected chi connectivity index (χ2v) is 41.1. The van der Waals surface area contributed by atoms with Crippen LogP contribution in [0.2, 0.25) is 10.0 Å². The van der Waals surface area contributed by atoms with Crippen molar-refractivity contribution in [2.24, 2.45) is 28.6 Å². The molecule has 2 amide bonds. The number of nitro groups is 2. The molecule has 0 bridgehead atoms. The SMILES string of the molecule is CC1CN(C[C@H]2COc3cc(S(=O)(=O)NC(=O)c4ccc(N5CCN(CC6=C(c7ccc(Cl)cc7)CC(C)(C)CC6)CC5)cc4Oc4cnc5[nH]ccc5c4)cc([N+](=O)[O-])c3C2)C1.C[C@@H]1CN(C[C@@H]2COc3cc(S(=O)(=O)NC(=O)c4ccc(N5CCN(CC6=C(c7ccc(Cl)cc7)CC(C)(C)CC6)CC5)cc4Oc4cnc5[nH]ccc5c4)cc([N+](=O)[O-])c3C2)CCO1. The second-order valence-electron chi connectivity index (χ2n) is 36.9. The number of aromatic amines is 2. The summed E-state index contributed by atoms with van der Waals surface area (Å²) in [4.78, 5) is 79.7. The lowest BCUT2D eigenvalue weighted by Crippen LogP contribution is -2.48. The van der Waals surface area contributed by atoms with Gasteiger partial charge in [-0.1, -0.05) is 93.2 Å². The molecule has 4 saturated heterocycles. The largest absolute Gasteiger partial charge is 0.493 e. The monoisotopic (exact) mass is 1820 g/mol. The zero-order chi connectivity index (χ0) is 89.5. The Kier molecular flexibility index (Phi) is 25.9. The highest BCUT2D eigenvalue weighted by Gasteiger charge is 2.39. The van der Waals surface area contributed by atoms with Gasteiger partial charge in [-0.25, -0.2) is 36.2 Å². The predicted octanol–water partition coefficient (Wildman–Crippen LogP) is 16.4. The lowest BCUT2D eigenvalue weighted by atomic mass is 9.72. The average Bonchev–Trinajstić information content (AvgIpc) is 1.31. The van der Waals surface area contributed by atoms with Gasteiger partial charge in [0.15, 0.2) is 0 Å². The van der Waals surface area contributed by atoms with E-state index in [1.807, 2.05) is 43.3 Å². The van der Waals surface area contributed by atoms with Crippen LogP contribution in [0, 0.1) is 48.8 Å². The van der Waals surface area contributed by atoms with Gasteiger partial charge in [0.1, 0.15) is 45.8 Å². The number of morpholine rings is 1. The number of likely N-dealkylation sites (tertiary alicyclic amines) is 1. The Morgan fingerprint density at radius 3 is 1.38 bits per heavy atom. The van der Waals surface area contributed by atoms with Gasteiger partial charge in [0.05, 0.1) is 80.2 Å². The maximum Gasteiger partial charge on any atom is 0.277 e. The van der Waals surface area contributed by atoms with Gasteiger partial charge in [0, 0.05) is 198 Å². The fourth-order valence-electron chi connectivity index (χ4n) is 19.1. The number of halogens is 2. The highest BCUT2D eigenvalue weighted by atomic mass is 35.5. The normalized spacial score (nSPS) is 20.1. The van der Waals surface area contributed by atoms with Crippen molar-refractivity contribution in [3.8, 4) is 34.5 Å². The van der Waals surface area contributed by atoms with E-state index in [4.69, 9.17) is 46.9 Å². The number of piperazine rings is 2. The van der Waals surface area contributed by atoms with Gasteiger partial charge in [-0.15, -0.1) is 0 Å². The summed E-state index contributed by atoms with van der Waals surface area (Å²) in [5, 5.41) is 27.7. The van der Waals surface area contributed by atoms with Crippen molar-refractivity contribution in [1.82, 2.24) is 49.0 Å². The second kappa shape index (κ2) is 37.2. The first-order chi connectivity index (χ1) is 61.3. The van der Waals surface area contributed by atoms with Crippen LogP contribution in [0.5, 0.6) is 34.5 Å². The van der Waals surface area contributed by atoms with Crippen molar-refractivity contribution in [3.63, 3.8) is 0 Å². The number of hydrogen-bond acceptors (Lipinski definition) is 23. The number of benzene rings is 6. The van der Waals surface area contributed by atoms with E-state index in [1.165, 1.54) is 57.9 Å². The molecule has 33 heteroatoms. The zero-order valence-corrected chi connectivity index (χ0v) is 75.7. The summed E-state index contributed by atoms with van der Waals surface area (Å²) < 4.78 is 90.3. The van der Waals surface area contributed by atoms with Gasteiger partial charge in [-0.3, -0.25) is 44.5 Å². The molecule has 18 rings (SSSR count). The number of sulfonamides is 2. The van der Waals surface area contributed by atoms with E-state index in [9.17, 15) is 46.7 Å². The Hall–Kier alpha value is -11.0. The molecule has 4 fully saturated rings. The van der Waals surface area contributed by atoms with Crippen molar-refractivity contribution >= 4 is 111 Å². The number of carbonyl (C=O) groups is 2. The molecular formula is C95H106Cl2N14O15S2. The number of allylic oxidation sites excluding steroid dienone is 2. The average molecular weight is 1820 g/mol. The third-order valence-corrected chi connectivity index (χ3v) is 29.0. The van der Waals surface area contributed by atoms with Crippen LogP contribution in [-0.4, -0.2) is 209 Å². The number of nitro benzene ring substituents is 2. The van der Waals surface area contributed by atoms with E-state index < -0.39 is 51.5 Å². The van der Waals surface area contributed by atoms with Crippen LogP contribution in [0.4, 0.5) is 22.7 Å². The third kappa shape index (κ3) is 20.7. The number of nitrogens with zero attached hydrogens (tertiary/aromatic N) is 10. The molecule has 2 aliphatic carbocycles. The molecular weight excluding hydrogens is 1710 g/mol. The van der Waals surface area contributed by atoms with Gasteiger partial charge in [0.25, 0.3) is 43.2 Å². The summed E-state index contributed by atoms with van der Waals surface area (Å²) in [5.74, 6) is -0.109. The summed E-state index contributed by atoms with van der Waals surface area (Å²) in [6.45, 7) is 27.5. The lowest BCUT2D eigenvalue weighted by Gasteiger charge is -2.40. The summed E-state index contributed by atoms with van der Waals surface area (Å²) in [5.41, 5.74) is 11.5. The van der Waals surface area contributed by atoms with Crippen LogP contribution in [0.25, 0.3) is 33.2 Å². The van der Waals surface area contributed by atoms with Crippen molar-refractivity contribution < 1.29 is 60.0 Å². The highest BCUT2D eigenvalue weighted by molar-refractivity contribution is 7.90. The van der Waals surface area contributed by atoms with E-state index in [0.29, 0.717) is 72.4 Å². The molecule has 672 valence electrons. The topological polar surface area (TPSA) is 336 Å². The maximum atomic E-state index is 14.1. The number of hydrogen-bond donors (Lipinski definition) is 4.